The molecule has 0 fully saturated rings. The van der Waals surface area contributed by atoms with Gasteiger partial charge in [0.1, 0.15) is 0 Å². The van der Waals surface area contributed by atoms with E-state index in [1.165, 1.54) is 0 Å². The summed E-state index contributed by atoms with van der Waals surface area (Å²) in [5.41, 5.74) is 1.07. The predicted molar refractivity (Wildman–Crippen MR) is 46.6 cm³/mol. The minimum atomic E-state index is 0. The van der Waals surface area contributed by atoms with Crippen LogP contribution in [0, 0.1) is 6.92 Å². The third-order valence-electron chi connectivity index (χ3n) is 0.843. The van der Waals surface area contributed by atoms with Gasteiger partial charge >= 0.3 is 41.9 Å². The van der Waals surface area contributed by atoms with E-state index in [0.717, 1.165) is 5.56 Å². The molecule has 0 atom stereocenters. The first-order valence-electron chi connectivity index (χ1n) is 2.26. The summed E-state index contributed by atoms with van der Waals surface area (Å²) in [6.07, 6.45) is 0. The summed E-state index contributed by atoms with van der Waals surface area (Å²) in [4.78, 5) is 0. The fraction of sp³-hybridized carbons (Fsp3) is 0. The SMILES string of the molecule is [CH2]c1ccccc1.[LiH].[MgH2]. The zero-order chi connectivity index (χ0) is 5.11. The Morgan fingerprint density at radius 2 is 1.44 bits per heavy atom. The van der Waals surface area contributed by atoms with Gasteiger partial charge in [0.15, 0.2) is 0 Å². The largest absolute Gasteiger partial charge is 0.316 e. The van der Waals surface area contributed by atoms with Crippen molar-refractivity contribution in [2.24, 2.45) is 0 Å². The molecule has 0 heterocycles. The molecule has 0 saturated heterocycles. The number of rotatable bonds is 0. The van der Waals surface area contributed by atoms with Gasteiger partial charge in [-0.25, -0.2) is 0 Å². The van der Waals surface area contributed by atoms with Gasteiger partial charge in [-0.15, -0.1) is 0 Å². The first-order chi connectivity index (χ1) is 3.39. The number of hydrogen-bond acceptors (Lipinski definition) is 0. The Balaban J connectivity index is 0. The van der Waals surface area contributed by atoms with Crippen molar-refractivity contribution < 1.29 is 0 Å². The Morgan fingerprint density at radius 3 is 1.67 bits per heavy atom. The normalized spacial score (nSPS) is 6.78. The maximum atomic E-state index is 3.72. The van der Waals surface area contributed by atoms with Crippen LogP contribution in [0.5, 0.6) is 0 Å². The number of hydrogen-bond donors (Lipinski definition) is 0. The molecule has 1 aromatic carbocycles. The van der Waals surface area contributed by atoms with Gasteiger partial charge in [0.2, 0.25) is 0 Å². The van der Waals surface area contributed by atoms with Crippen molar-refractivity contribution in [1.29, 1.82) is 0 Å². The third kappa shape index (κ3) is 5.05. The van der Waals surface area contributed by atoms with Crippen molar-refractivity contribution in [1.82, 2.24) is 0 Å². The summed E-state index contributed by atoms with van der Waals surface area (Å²) in [6, 6.07) is 9.87. The first-order valence-corrected chi connectivity index (χ1v) is 2.26. The number of benzene rings is 1. The van der Waals surface area contributed by atoms with Crippen LogP contribution in [-0.4, -0.2) is 41.9 Å². The van der Waals surface area contributed by atoms with Crippen molar-refractivity contribution in [3.63, 3.8) is 0 Å². The summed E-state index contributed by atoms with van der Waals surface area (Å²) in [7, 11) is 0. The van der Waals surface area contributed by atoms with Crippen LogP contribution < -0.4 is 0 Å². The van der Waals surface area contributed by atoms with Crippen LogP contribution in [0.15, 0.2) is 30.3 Å². The standard InChI is InChI=1S/C7H7.Li.Mg.3H/c1-7-5-3-2-4-6-7;;;;;/h2-6H,1H2;;;;;. The van der Waals surface area contributed by atoms with E-state index in [9.17, 15) is 0 Å². The van der Waals surface area contributed by atoms with E-state index in [0.29, 0.717) is 0 Å². The summed E-state index contributed by atoms with van der Waals surface area (Å²) in [5, 5.41) is 0. The fourth-order valence-corrected chi connectivity index (χ4v) is 0.478. The van der Waals surface area contributed by atoms with Gasteiger partial charge in [-0.05, 0) is 12.5 Å². The predicted octanol–water partition coefficient (Wildman–Crippen LogP) is 0.304. The second kappa shape index (κ2) is 6.70. The molecule has 0 unspecified atom stereocenters. The molecule has 9 heavy (non-hydrogen) atoms. The second-order valence-corrected chi connectivity index (χ2v) is 1.49. The smallest absolute Gasteiger partial charge is 0.316 e. The van der Waals surface area contributed by atoms with E-state index in [2.05, 4.69) is 6.92 Å². The van der Waals surface area contributed by atoms with E-state index >= 15 is 0 Å². The summed E-state index contributed by atoms with van der Waals surface area (Å²) >= 11 is 0. The Kier molecular flexibility index (Phi) is 9.14. The van der Waals surface area contributed by atoms with Crippen molar-refractivity contribution in [2.45, 2.75) is 0 Å². The molecule has 0 aliphatic carbocycles. The van der Waals surface area contributed by atoms with Gasteiger partial charge in [0.05, 0.1) is 0 Å². The molecule has 1 rings (SSSR count). The fourth-order valence-electron chi connectivity index (χ4n) is 0.478. The molecule has 0 aliphatic heterocycles. The van der Waals surface area contributed by atoms with Crippen molar-refractivity contribution in [2.75, 3.05) is 0 Å². The molecule has 0 nitrogen and oxygen atoms in total. The zero-order valence-corrected chi connectivity index (χ0v) is 4.09. The molecule has 0 saturated carbocycles. The van der Waals surface area contributed by atoms with Gasteiger partial charge in [0, 0.05) is 0 Å². The molecular weight excluding hydrogens is 115 g/mol. The minimum Gasteiger partial charge on any atom is 0.316 e. The van der Waals surface area contributed by atoms with E-state index in [1.807, 2.05) is 30.3 Å². The van der Waals surface area contributed by atoms with E-state index in [4.69, 9.17) is 0 Å². The molecule has 0 bridgehead atoms. The van der Waals surface area contributed by atoms with Crippen LogP contribution in [0.2, 0.25) is 0 Å². The maximum Gasteiger partial charge on any atom is 0.316 e. The van der Waals surface area contributed by atoms with Gasteiger partial charge in [-0.2, -0.15) is 0 Å². The third-order valence-corrected chi connectivity index (χ3v) is 0.843. The first kappa shape index (κ1) is 12.3. The van der Waals surface area contributed by atoms with Crippen LogP contribution in [-0.2, 0) is 0 Å². The average Bonchev–Trinajstić information content (AvgIpc) is 1.69. The molecule has 1 aromatic rings. The molecule has 2 heteroatoms. The van der Waals surface area contributed by atoms with Crippen LogP contribution >= 0.6 is 0 Å². The Labute approximate surface area is 84.4 Å². The molecule has 0 N–H and O–H groups in total. The van der Waals surface area contributed by atoms with Crippen molar-refractivity contribution in [3.05, 3.63) is 42.8 Å². The zero-order valence-electron chi connectivity index (χ0n) is 4.09. The summed E-state index contributed by atoms with van der Waals surface area (Å²) < 4.78 is 0. The van der Waals surface area contributed by atoms with Crippen LogP contribution in [0.25, 0.3) is 0 Å². The van der Waals surface area contributed by atoms with E-state index in [-0.39, 0.29) is 41.9 Å². The summed E-state index contributed by atoms with van der Waals surface area (Å²) in [5.74, 6) is 0. The molecule has 0 amide bonds. The molecule has 0 aromatic heterocycles. The van der Waals surface area contributed by atoms with Gasteiger partial charge in [-0.1, -0.05) is 30.3 Å². The van der Waals surface area contributed by atoms with Gasteiger partial charge in [0.25, 0.3) is 0 Å². The molecule has 0 spiro atoms. The van der Waals surface area contributed by atoms with Crippen molar-refractivity contribution in [3.8, 4) is 0 Å². The minimum absolute atomic E-state index is 0. The summed E-state index contributed by atoms with van der Waals surface area (Å²) in [6.45, 7) is 3.72. The molecule has 1 radical (unpaired) electrons. The van der Waals surface area contributed by atoms with E-state index in [1.54, 1.807) is 0 Å². The molecule has 0 aliphatic rings. The maximum absolute atomic E-state index is 3.72. The van der Waals surface area contributed by atoms with E-state index < -0.39 is 0 Å². The Bertz CT molecular complexity index is 139. The average molecular weight is 125 g/mol. The quantitative estimate of drug-likeness (QED) is 0.438. The van der Waals surface area contributed by atoms with Crippen LogP contribution in [0.4, 0.5) is 0 Å². The van der Waals surface area contributed by atoms with Gasteiger partial charge < -0.3 is 0 Å². The molecular formula is C7H10LiMg. The topological polar surface area (TPSA) is 0 Å². The monoisotopic (exact) mass is 125 g/mol. The Hall–Kier alpha value is 0.584. The second-order valence-electron chi connectivity index (χ2n) is 1.49. The van der Waals surface area contributed by atoms with Crippen LogP contribution in [0.1, 0.15) is 5.56 Å². The van der Waals surface area contributed by atoms with Crippen LogP contribution in [0.3, 0.4) is 0 Å². The Morgan fingerprint density at radius 1 is 1.00 bits per heavy atom. The molecule has 41 valence electrons. The van der Waals surface area contributed by atoms with Gasteiger partial charge in [-0.3, -0.25) is 0 Å². The van der Waals surface area contributed by atoms with Crippen molar-refractivity contribution >= 4 is 41.9 Å².